The molecule has 1 saturated heterocycles. The number of carbonyl (C=O) groups excluding carboxylic acids is 1. The van der Waals surface area contributed by atoms with E-state index in [9.17, 15) is 4.79 Å². The Morgan fingerprint density at radius 3 is 2.50 bits per heavy atom. The second kappa shape index (κ2) is 6.87. The van der Waals surface area contributed by atoms with E-state index in [4.69, 9.17) is 14.2 Å². The van der Waals surface area contributed by atoms with Gasteiger partial charge in [0.2, 0.25) is 5.91 Å². The summed E-state index contributed by atoms with van der Waals surface area (Å²) in [5, 5.41) is 0. The van der Waals surface area contributed by atoms with Crippen LogP contribution in [0.3, 0.4) is 0 Å². The van der Waals surface area contributed by atoms with E-state index in [1.165, 1.54) is 0 Å². The molecule has 1 aliphatic carbocycles. The summed E-state index contributed by atoms with van der Waals surface area (Å²) in [6, 6.07) is 0.315. The minimum Gasteiger partial charge on any atom is -0.384 e. The van der Waals surface area contributed by atoms with Crippen molar-refractivity contribution in [1.82, 2.24) is 4.90 Å². The molecule has 5 heteroatoms. The van der Waals surface area contributed by atoms with E-state index in [0.29, 0.717) is 32.3 Å². The van der Waals surface area contributed by atoms with Crippen molar-refractivity contribution in [2.24, 2.45) is 5.92 Å². The number of ether oxygens (including phenoxy) is 3. The molecular formula is C15H27NO4. The SMILES string of the molecule is COCC(C)CC(=O)N(C)C1CCC2(CC1)OCCO2. The molecule has 20 heavy (non-hydrogen) atoms. The number of carbonyl (C=O) groups is 1. The monoisotopic (exact) mass is 285 g/mol. The van der Waals surface area contributed by atoms with Crippen LogP contribution in [0.5, 0.6) is 0 Å². The lowest BCUT2D eigenvalue weighted by atomic mass is 9.89. The Kier molecular flexibility index (Phi) is 5.41. The second-order valence-corrected chi connectivity index (χ2v) is 6.11. The van der Waals surface area contributed by atoms with Crippen molar-refractivity contribution in [3.8, 4) is 0 Å². The molecule has 0 aromatic heterocycles. The molecule has 1 unspecified atom stereocenters. The van der Waals surface area contributed by atoms with E-state index < -0.39 is 0 Å². The number of nitrogens with zero attached hydrogens (tertiary/aromatic N) is 1. The Morgan fingerprint density at radius 1 is 1.35 bits per heavy atom. The number of hydrogen-bond donors (Lipinski definition) is 0. The van der Waals surface area contributed by atoms with E-state index >= 15 is 0 Å². The molecule has 2 fully saturated rings. The standard InChI is InChI=1S/C15H27NO4/c1-12(11-18-3)10-14(17)16(2)13-4-6-15(7-5-13)19-8-9-20-15/h12-13H,4-11H2,1-3H3. The largest absolute Gasteiger partial charge is 0.384 e. The average Bonchev–Trinajstić information content (AvgIpc) is 2.87. The lowest BCUT2D eigenvalue weighted by molar-refractivity contribution is -0.184. The van der Waals surface area contributed by atoms with Crippen LogP contribution in [0.1, 0.15) is 39.0 Å². The number of amides is 1. The van der Waals surface area contributed by atoms with Crippen LogP contribution in [0.25, 0.3) is 0 Å². The van der Waals surface area contributed by atoms with Gasteiger partial charge in [-0.3, -0.25) is 4.79 Å². The van der Waals surface area contributed by atoms with Crippen molar-refractivity contribution in [3.05, 3.63) is 0 Å². The summed E-state index contributed by atoms with van der Waals surface area (Å²) in [6.45, 7) is 4.09. The van der Waals surface area contributed by atoms with Gasteiger partial charge in [-0.15, -0.1) is 0 Å². The molecular weight excluding hydrogens is 258 g/mol. The van der Waals surface area contributed by atoms with Gasteiger partial charge in [-0.2, -0.15) is 0 Å². The van der Waals surface area contributed by atoms with Crippen LogP contribution in [0.15, 0.2) is 0 Å². The first-order valence-electron chi connectivity index (χ1n) is 7.59. The van der Waals surface area contributed by atoms with Gasteiger partial charge in [-0.25, -0.2) is 0 Å². The Bertz CT molecular complexity index is 318. The zero-order valence-electron chi connectivity index (χ0n) is 12.9. The molecule has 1 saturated carbocycles. The first-order valence-corrected chi connectivity index (χ1v) is 7.59. The molecule has 0 aromatic carbocycles. The van der Waals surface area contributed by atoms with Crippen LogP contribution in [-0.2, 0) is 19.0 Å². The normalized spacial score (nSPS) is 23.9. The fraction of sp³-hybridized carbons (Fsp3) is 0.933. The van der Waals surface area contributed by atoms with Gasteiger partial charge < -0.3 is 19.1 Å². The van der Waals surface area contributed by atoms with Gasteiger partial charge in [0, 0.05) is 46.1 Å². The molecule has 116 valence electrons. The molecule has 2 aliphatic rings. The maximum Gasteiger partial charge on any atom is 0.222 e. The van der Waals surface area contributed by atoms with E-state index in [1.54, 1.807) is 7.11 Å². The average molecular weight is 285 g/mol. The molecule has 0 bridgehead atoms. The Hall–Kier alpha value is -0.650. The topological polar surface area (TPSA) is 48.0 Å². The molecule has 1 amide bonds. The maximum absolute atomic E-state index is 12.2. The predicted molar refractivity (Wildman–Crippen MR) is 75.3 cm³/mol. The highest BCUT2D eigenvalue weighted by molar-refractivity contribution is 5.76. The summed E-state index contributed by atoms with van der Waals surface area (Å²) in [7, 11) is 3.59. The number of rotatable bonds is 5. The quantitative estimate of drug-likeness (QED) is 0.773. The van der Waals surface area contributed by atoms with E-state index in [1.807, 2.05) is 18.9 Å². The summed E-state index contributed by atoms with van der Waals surface area (Å²) in [6.07, 6.45) is 4.26. The highest BCUT2D eigenvalue weighted by Gasteiger charge is 2.41. The third kappa shape index (κ3) is 3.71. The van der Waals surface area contributed by atoms with Crippen molar-refractivity contribution in [1.29, 1.82) is 0 Å². The maximum atomic E-state index is 12.2. The number of methoxy groups -OCH3 is 1. The third-order valence-corrected chi connectivity index (χ3v) is 4.45. The van der Waals surface area contributed by atoms with Crippen molar-refractivity contribution < 1.29 is 19.0 Å². The zero-order valence-corrected chi connectivity index (χ0v) is 12.9. The van der Waals surface area contributed by atoms with Crippen LogP contribution >= 0.6 is 0 Å². The van der Waals surface area contributed by atoms with Crippen LogP contribution < -0.4 is 0 Å². The summed E-state index contributed by atoms with van der Waals surface area (Å²) in [5.41, 5.74) is 0. The highest BCUT2D eigenvalue weighted by Crippen LogP contribution is 2.37. The lowest BCUT2D eigenvalue weighted by Crippen LogP contribution is -2.45. The summed E-state index contributed by atoms with van der Waals surface area (Å²) in [5.74, 6) is 0.138. The Balaban J connectivity index is 1.78. The number of hydrogen-bond acceptors (Lipinski definition) is 4. The molecule has 0 aromatic rings. The molecule has 1 spiro atoms. The molecule has 5 nitrogen and oxygen atoms in total. The Labute approximate surface area is 121 Å². The van der Waals surface area contributed by atoms with Crippen LogP contribution in [0, 0.1) is 5.92 Å². The van der Waals surface area contributed by atoms with Gasteiger partial charge in [-0.05, 0) is 18.8 Å². The smallest absolute Gasteiger partial charge is 0.222 e. The summed E-state index contributed by atoms with van der Waals surface area (Å²) < 4.78 is 16.5. The van der Waals surface area contributed by atoms with Crippen molar-refractivity contribution in [3.63, 3.8) is 0 Å². The molecule has 1 aliphatic heterocycles. The van der Waals surface area contributed by atoms with Crippen LogP contribution in [-0.4, -0.2) is 56.6 Å². The molecule has 2 rings (SSSR count). The predicted octanol–water partition coefficient (Wildman–Crippen LogP) is 1.80. The van der Waals surface area contributed by atoms with E-state index in [0.717, 1.165) is 25.7 Å². The third-order valence-electron chi connectivity index (χ3n) is 4.45. The van der Waals surface area contributed by atoms with Crippen LogP contribution in [0.4, 0.5) is 0 Å². The van der Waals surface area contributed by atoms with Gasteiger partial charge in [-0.1, -0.05) is 6.92 Å². The zero-order chi connectivity index (χ0) is 14.6. The van der Waals surface area contributed by atoms with Gasteiger partial charge in [0.15, 0.2) is 5.79 Å². The minimum absolute atomic E-state index is 0.212. The van der Waals surface area contributed by atoms with Gasteiger partial charge in [0.1, 0.15) is 0 Å². The molecule has 0 N–H and O–H groups in total. The van der Waals surface area contributed by atoms with Crippen molar-refractivity contribution >= 4 is 5.91 Å². The highest BCUT2D eigenvalue weighted by atomic mass is 16.7. The molecule has 0 radical (unpaired) electrons. The molecule has 1 heterocycles. The fourth-order valence-corrected chi connectivity index (χ4v) is 3.20. The van der Waals surface area contributed by atoms with Gasteiger partial charge in [0.25, 0.3) is 0 Å². The van der Waals surface area contributed by atoms with Gasteiger partial charge >= 0.3 is 0 Å². The van der Waals surface area contributed by atoms with E-state index in [-0.39, 0.29) is 17.6 Å². The molecule has 1 atom stereocenters. The summed E-state index contributed by atoms with van der Waals surface area (Å²) >= 11 is 0. The lowest BCUT2D eigenvalue weighted by Gasteiger charge is -2.39. The minimum atomic E-state index is -0.344. The van der Waals surface area contributed by atoms with E-state index in [2.05, 4.69) is 0 Å². The second-order valence-electron chi connectivity index (χ2n) is 6.11. The fourth-order valence-electron chi connectivity index (χ4n) is 3.20. The van der Waals surface area contributed by atoms with Crippen molar-refractivity contribution in [2.75, 3.05) is 34.0 Å². The van der Waals surface area contributed by atoms with Crippen molar-refractivity contribution in [2.45, 2.75) is 50.9 Å². The first kappa shape index (κ1) is 15.7. The summed E-state index contributed by atoms with van der Waals surface area (Å²) in [4.78, 5) is 14.2. The first-order chi connectivity index (χ1) is 9.56. The van der Waals surface area contributed by atoms with Gasteiger partial charge in [0.05, 0.1) is 13.2 Å². The Morgan fingerprint density at radius 2 is 1.95 bits per heavy atom. The van der Waals surface area contributed by atoms with Crippen LogP contribution in [0.2, 0.25) is 0 Å².